The van der Waals surface area contributed by atoms with Gasteiger partial charge in [0.2, 0.25) is 0 Å². The van der Waals surface area contributed by atoms with Crippen LogP contribution in [0.15, 0.2) is 36.4 Å². The molecule has 1 aliphatic rings. The van der Waals surface area contributed by atoms with E-state index in [4.69, 9.17) is 9.84 Å². The Balaban J connectivity index is 1.63. The smallest absolute Gasteiger partial charge is 0.303 e. The van der Waals surface area contributed by atoms with Crippen molar-refractivity contribution in [1.82, 2.24) is 0 Å². The zero-order valence-electron chi connectivity index (χ0n) is 13.5. The zero-order chi connectivity index (χ0) is 16.2. The molecule has 3 nitrogen and oxygen atoms in total. The summed E-state index contributed by atoms with van der Waals surface area (Å²) in [7, 11) is 0. The van der Waals surface area contributed by atoms with E-state index in [2.05, 4.69) is 19.1 Å². The predicted octanol–water partition coefficient (Wildman–Crippen LogP) is 4.08. The summed E-state index contributed by atoms with van der Waals surface area (Å²) in [4.78, 5) is 10.6. The maximum Gasteiger partial charge on any atom is 0.303 e. The molecule has 0 bridgehead atoms. The second kappa shape index (κ2) is 6.86. The molecule has 0 fully saturated rings. The number of benzene rings is 2. The summed E-state index contributed by atoms with van der Waals surface area (Å²) < 4.78 is 6.03. The SMILES string of the molecule is Cc1ccc(OCc2ccc(CCC(=O)O)cc2)c2c1CCC2. The van der Waals surface area contributed by atoms with Crippen LogP contribution in [0.4, 0.5) is 0 Å². The number of rotatable bonds is 6. The summed E-state index contributed by atoms with van der Waals surface area (Å²) in [6, 6.07) is 12.2. The first-order valence-electron chi connectivity index (χ1n) is 8.17. The van der Waals surface area contributed by atoms with Gasteiger partial charge in [0.05, 0.1) is 0 Å². The number of fused-ring (bicyclic) bond motifs is 1. The number of ether oxygens (including phenoxy) is 1. The molecule has 0 saturated carbocycles. The van der Waals surface area contributed by atoms with E-state index in [0.29, 0.717) is 13.0 Å². The second-order valence-corrected chi connectivity index (χ2v) is 6.19. The lowest BCUT2D eigenvalue weighted by atomic mass is 10.0. The van der Waals surface area contributed by atoms with E-state index in [1.54, 1.807) is 0 Å². The molecule has 0 spiro atoms. The summed E-state index contributed by atoms with van der Waals surface area (Å²) in [6.45, 7) is 2.72. The summed E-state index contributed by atoms with van der Waals surface area (Å²) in [5.41, 5.74) is 6.37. The number of carbonyl (C=O) groups is 1. The van der Waals surface area contributed by atoms with Gasteiger partial charge in [0.25, 0.3) is 0 Å². The predicted molar refractivity (Wildman–Crippen MR) is 89.9 cm³/mol. The van der Waals surface area contributed by atoms with Gasteiger partial charge in [-0.15, -0.1) is 0 Å². The van der Waals surface area contributed by atoms with Crippen LogP contribution in [0.1, 0.15) is 40.7 Å². The molecule has 3 heteroatoms. The highest BCUT2D eigenvalue weighted by molar-refractivity contribution is 5.67. The van der Waals surface area contributed by atoms with Crippen molar-refractivity contribution in [2.24, 2.45) is 0 Å². The van der Waals surface area contributed by atoms with E-state index in [0.717, 1.165) is 29.7 Å². The molecule has 0 unspecified atom stereocenters. The lowest BCUT2D eigenvalue weighted by molar-refractivity contribution is -0.136. The van der Waals surface area contributed by atoms with Gasteiger partial charge in [-0.2, -0.15) is 0 Å². The largest absolute Gasteiger partial charge is 0.489 e. The Labute approximate surface area is 136 Å². The van der Waals surface area contributed by atoms with Gasteiger partial charge in [0.15, 0.2) is 0 Å². The third kappa shape index (κ3) is 3.73. The Morgan fingerprint density at radius 2 is 1.74 bits per heavy atom. The van der Waals surface area contributed by atoms with Crippen LogP contribution in [0.2, 0.25) is 0 Å². The first-order chi connectivity index (χ1) is 11.1. The van der Waals surface area contributed by atoms with Crippen LogP contribution in [-0.4, -0.2) is 11.1 Å². The van der Waals surface area contributed by atoms with Crippen molar-refractivity contribution < 1.29 is 14.6 Å². The van der Waals surface area contributed by atoms with E-state index < -0.39 is 5.97 Å². The zero-order valence-corrected chi connectivity index (χ0v) is 13.5. The van der Waals surface area contributed by atoms with Gasteiger partial charge in [-0.3, -0.25) is 4.79 Å². The van der Waals surface area contributed by atoms with Crippen LogP contribution < -0.4 is 4.74 Å². The second-order valence-electron chi connectivity index (χ2n) is 6.19. The first-order valence-corrected chi connectivity index (χ1v) is 8.17. The average Bonchev–Trinajstić information content (AvgIpc) is 3.04. The molecule has 0 saturated heterocycles. The van der Waals surface area contributed by atoms with Crippen molar-refractivity contribution in [3.63, 3.8) is 0 Å². The number of hydrogen-bond acceptors (Lipinski definition) is 2. The lowest BCUT2D eigenvalue weighted by Gasteiger charge is -2.13. The summed E-state index contributed by atoms with van der Waals surface area (Å²) in [5, 5.41) is 8.72. The third-order valence-corrected chi connectivity index (χ3v) is 4.52. The minimum atomic E-state index is -0.759. The van der Waals surface area contributed by atoms with Crippen LogP contribution in [-0.2, 0) is 30.7 Å². The number of carboxylic acid groups (broad SMARTS) is 1. The molecule has 1 aliphatic carbocycles. The topological polar surface area (TPSA) is 46.5 Å². The van der Waals surface area contributed by atoms with Gasteiger partial charge in [-0.1, -0.05) is 30.3 Å². The van der Waals surface area contributed by atoms with Crippen molar-refractivity contribution in [3.8, 4) is 5.75 Å². The molecule has 0 aromatic heterocycles. The summed E-state index contributed by atoms with van der Waals surface area (Å²) in [5.74, 6) is 0.253. The Bertz CT molecular complexity index is 702. The van der Waals surface area contributed by atoms with Crippen molar-refractivity contribution in [2.45, 2.75) is 45.6 Å². The number of carboxylic acids is 1. The minimum Gasteiger partial charge on any atom is -0.489 e. The fraction of sp³-hybridized carbons (Fsp3) is 0.350. The molecule has 120 valence electrons. The van der Waals surface area contributed by atoms with E-state index in [9.17, 15) is 4.79 Å². The highest BCUT2D eigenvalue weighted by Crippen LogP contribution is 2.33. The van der Waals surface area contributed by atoms with Gasteiger partial charge < -0.3 is 9.84 Å². The van der Waals surface area contributed by atoms with Crippen molar-refractivity contribution in [2.75, 3.05) is 0 Å². The van der Waals surface area contributed by atoms with Gasteiger partial charge in [-0.25, -0.2) is 0 Å². The number of hydrogen-bond donors (Lipinski definition) is 1. The van der Waals surface area contributed by atoms with Gasteiger partial charge in [0.1, 0.15) is 12.4 Å². The van der Waals surface area contributed by atoms with Crippen LogP contribution in [0.3, 0.4) is 0 Å². The molecule has 0 heterocycles. The van der Waals surface area contributed by atoms with E-state index in [1.165, 1.54) is 23.1 Å². The molecule has 0 radical (unpaired) electrons. The van der Waals surface area contributed by atoms with Crippen LogP contribution >= 0.6 is 0 Å². The third-order valence-electron chi connectivity index (χ3n) is 4.52. The van der Waals surface area contributed by atoms with Gasteiger partial charge in [-0.05, 0) is 66.5 Å². The molecule has 3 rings (SSSR count). The van der Waals surface area contributed by atoms with Crippen molar-refractivity contribution in [3.05, 3.63) is 64.2 Å². The molecule has 1 N–H and O–H groups in total. The van der Waals surface area contributed by atoms with E-state index in [-0.39, 0.29) is 6.42 Å². The fourth-order valence-corrected chi connectivity index (χ4v) is 3.20. The Kier molecular flexibility index (Phi) is 4.65. The lowest BCUT2D eigenvalue weighted by Crippen LogP contribution is -2.00. The normalized spacial score (nSPS) is 12.9. The molecule has 0 atom stereocenters. The number of aryl methyl sites for hydroxylation is 2. The summed E-state index contributed by atoms with van der Waals surface area (Å²) >= 11 is 0. The molecule has 23 heavy (non-hydrogen) atoms. The standard InChI is InChI=1S/C20H22O3/c1-14-5-11-19(18-4-2-3-17(14)18)23-13-16-8-6-15(7-9-16)10-12-20(21)22/h5-9,11H,2-4,10,12-13H2,1H3,(H,21,22). The van der Waals surface area contributed by atoms with Crippen LogP contribution in [0.25, 0.3) is 0 Å². The van der Waals surface area contributed by atoms with Crippen molar-refractivity contribution >= 4 is 5.97 Å². The highest BCUT2D eigenvalue weighted by atomic mass is 16.5. The fourth-order valence-electron chi connectivity index (χ4n) is 3.20. The summed E-state index contributed by atoms with van der Waals surface area (Å²) in [6.07, 6.45) is 4.24. The maximum absolute atomic E-state index is 10.6. The maximum atomic E-state index is 10.6. The Morgan fingerprint density at radius 3 is 2.48 bits per heavy atom. The van der Waals surface area contributed by atoms with Gasteiger partial charge >= 0.3 is 5.97 Å². The number of aliphatic carboxylic acids is 1. The van der Waals surface area contributed by atoms with Crippen LogP contribution in [0.5, 0.6) is 5.75 Å². The minimum absolute atomic E-state index is 0.172. The monoisotopic (exact) mass is 310 g/mol. The molecular formula is C20H22O3. The van der Waals surface area contributed by atoms with E-state index in [1.807, 2.05) is 24.3 Å². The molecule has 0 aliphatic heterocycles. The molecule has 2 aromatic rings. The quantitative estimate of drug-likeness (QED) is 0.874. The molecule has 0 amide bonds. The van der Waals surface area contributed by atoms with Crippen molar-refractivity contribution in [1.29, 1.82) is 0 Å². The molecule has 2 aromatic carbocycles. The highest BCUT2D eigenvalue weighted by Gasteiger charge is 2.17. The average molecular weight is 310 g/mol. The van der Waals surface area contributed by atoms with E-state index >= 15 is 0 Å². The Morgan fingerprint density at radius 1 is 1.04 bits per heavy atom. The molecular weight excluding hydrogens is 288 g/mol. The first kappa shape index (κ1) is 15.6. The Hall–Kier alpha value is -2.29. The van der Waals surface area contributed by atoms with Crippen LogP contribution in [0, 0.1) is 6.92 Å². The van der Waals surface area contributed by atoms with Gasteiger partial charge in [0, 0.05) is 6.42 Å².